The summed E-state index contributed by atoms with van der Waals surface area (Å²) >= 11 is 0. The maximum atomic E-state index is 6.77. The number of benzene rings is 10. The molecule has 5 heteroatoms. The van der Waals surface area contributed by atoms with Crippen LogP contribution in [0.25, 0.3) is 44.2 Å². The molecule has 1 aromatic heterocycles. The van der Waals surface area contributed by atoms with Gasteiger partial charge in [-0.2, -0.15) is 0 Å². The van der Waals surface area contributed by atoms with Gasteiger partial charge in [-0.3, -0.25) is 0 Å². The second-order valence-electron chi connectivity index (χ2n) is 17.1. The Morgan fingerprint density at radius 2 is 0.554 bits per heavy atom. The zero-order chi connectivity index (χ0) is 43.0. The number of fused-ring (bicyclic) bond motifs is 7. The molecule has 0 unspecified atom stereocenters. The summed E-state index contributed by atoms with van der Waals surface area (Å²) in [6.45, 7) is 0. The van der Waals surface area contributed by atoms with E-state index in [1.807, 2.05) is 0 Å². The van der Waals surface area contributed by atoms with Crippen LogP contribution in [-0.4, -0.2) is 16.1 Å². The van der Waals surface area contributed by atoms with Crippen LogP contribution in [0.4, 0.5) is 0 Å². The largest absolute Gasteiger partial charge is 0.458 e. The van der Waals surface area contributed by atoms with E-state index in [-0.39, 0.29) is 0 Å². The van der Waals surface area contributed by atoms with Gasteiger partial charge in [0.15, 0.2) is 16.1 Å². The fourth-order valence-electron chi connectivity index (χ4n) is 10.9. The Kier molecular flexibility index (Phi) is 8.56. The standard InChI is InChI=1S/C60H40O3Si2/c1-5-17-45(18-6-1)64(46-19-7-2-8-20-46)57-27-15-13-25-53(57)62-55-35-31-43(39-59(55)64)41-29-33-51-49(37-41)50-38-42(30-34-52(50)61-51)44-32-36-56-60(40-44)65(47-21-9-3-10-22-47,48-23-11-4-12-24-48)58-28-16-14-26-54(58)63-56/h1-40H. The topological polar surface area (TPSA) is 31.6 Å². The molecule has 0 radical (unpaired) electrons. The predicted octanol–water partition coefficient (Wildman–Crippen LogP) is 9.89. The Bertz CT molecular complexity index is 3290. The van der Waals surface area contributed by atoms with Gasteiger partial charge in [0, 0.05) is 10.8 Å². The Balaban J connectivity index is 0.967. The molecule has 10 aromatic carbocycles. The lowest BCUT2D eigenvalue weighted by molar-refractivity contribution is 0.487. The summed E-state index contributed by atoms with van der Waals surface area (Å²) in [7, 11) is -5.61. The molecule has 2 aliphatic rings. The Morgan fingerprint density at radius 1 is 0.246 bits per heavy atom. The van der Waals surface area contributed by atoms with Crippen molar-refractivity contribution in [1.82, 2.24) is 0 Å². The molecule has 0 fully saturated rings. The zero-order valence-electron chi connectivity index (χ0n) is 35.3. The first-order valence-electron chi connectivity index (χ1n) is 22.2. The maximum absolute atomic E-state index is 6.77. The van der Waals surface area contributed by atoms with Crippen molar-refractivity contribution in [3.8, 4) is 45.3 Å². The van der Waals surface area contributed by atoms with Crippen LogP contribution >= 0.6 is 0 Å². The van der Waals surface area contributed by atoms with Gasteiger partial charge in [-0.05, 0) is 112 Å². The van der Waals surface area contributed by atoms with Crippen LogP contribution in [0.2, 0.25) is 0 Å². The average molecular weight is 865 g/mol. The van der Waals surface area contributed by atoms with Crippen LogP contribution in [-0.2, 0) is 0 Å². The number of furan rings is 1. The summed E-state index contributed by atoms with van der Waals surface area (Å²) in [6, 6.07) is 88.3. The quantitative estimate of drug-likeness (QED) is 0.156. The van der Waals surface area contributed by atoms with Gasteiger partial charge in [-0.15, -0.1) is 0 Å². The second-order valence-corrected chi connectivity index (χ2v) is 24.6. The average Bonchev–Trinajstić information content (AvgIpc) is 3.75. The lowest BCUT2D eigenvalue weighted by Gasteiger charge is -2.39. The lowest BCUT2D eigenvalue weighted by Crippen LogP contribution is -2.76. The molecule has 3 heterocycles. The van der Waals surface area contributed by atoms with Crippen LogP contribution in [0.3, 0.4) is 0 Å². The highest BCUT2D eigenvalue weighted by molar-refractivity contribution is 7.21. The van der Waals surface area contributed by atoms with E-state index >= 15 is 0 Å². The summed E-state index contributed by atoms with van der Waals surface area (Å²) in [6.07, 6.45) is 0. The third kappa shape index (κ3) is 5.66. The first kappa shape index (κ1) is 37.6. The molecule has 0 saturated heterocycles. The zero-order valence-corrected chi connectivity index (χ0v) is 37.3. The number of ether oxygens (including phenoxy) is 2. The van der Waals surface area contributed by atoms with E-state index in [1.54, 1.807) is 0 Å². The minimum Gasteiger partial charge on any atom is -0.458 e. The highest BCUT2D eigenvalue weighted by Crippen LogP contribution is 2.38. The molecule has 0 amide bonds. The molecule has 0 atom stereocenters. The molecule has 13 rings (SSSR count). The molecule has 2 aliphatic heterocycles. The van der Waals surface area contributed by atoms with Gasteiger partial charge in [-0.25, -0.2) is 0 Å². The predicted molar refractivity (Wildman–Crippen MR) is 272 cm³/mol. The van der Waals surface area contributed by atoms with Crippen molar-refractivity contribution in [2.24, 2.45) is 0 Å². The summed E-state index contributed by atoms with van der Waals surface area (Å²) in [4.78, 5) is 0. The molecule has 65 heavy (non-hydrogen) atoms. The number of rotatable bonds is 6. The van der Waals surface area contributed by atoms with Crippen molar-refractivity contribution in [3.05, 3.63) is 243 Å². The normalized spacial score (nSPS) is 14.0. The van der Waals surface area contributed by atoms with Crippen molar-refractivity contribution < 1.29 is 13.9 Å². The fraction of sp³-hybridized carbons (Fsp3) is 0. The van der Waals surface area contributed by atoms with E-state index < -0.39 is 16.1 Å². The van der Waals surface area contributed by atoms with Gasteiger partial charge in [0.2, 0.25) is 0 Å². The number of para-hydroxylation sites is 2. The molecule has 11 aromatic rings. The summed E-state index contributed by atoms with van der Waals surface area (Å²) < 4.78 is 20.1. The van der Waals surface area contributed by atoms with Gasteiger partial charge in [-0.1, -0.05) is 194 Å². The summed E-state index contributed by atoms with van der Waals surface area (Å²) in [5.74, 6) is 3.69. The van der Waals surface area contributed by atoms with E-state index in [0.717, 1.165) is 67.2 Å². The van der Waals surface area contributed by atoms with Crippen LogP contribution in [0, 0.1) is 0 Å². The Morgan fingerprint density at radius 3 is 0.938 bits per heavy atom. The molecule has 3 nitrogen and oxygen atoms in total. The van der Waals surface area contributed by atoms with E-state index in [4.69, 9.17) is 13.9 Å². The molecular weight excluding hydrogens is 825 g/mol. The van der Waals surface area contributed by atoms with Gasteiger partial charge in [0.25, 0.3) is 0 Å². The van der Waals surface area contributed by atoms with Gasteiger partial charge in [0.05, 0.1) is 0 Å². The van der Waals surface area contributed by atoms with Crippen molar-refractivity contribution >= 4 is 79.6 Å². The smallest absolute Gasteiger partial charge is 0.188 e. The highest BCUT2D eigenvalue weighted by Gasteiger charge is 2.49. The second kappa shape index (κ2) is 14.8. The van der Waals surface area contributed by atoms with Crippen molar-refractivity contribution in [3.63, 3.8) is 0 Å². The van der Waals surface area contributed by atoms with Gasteiger partial charge < -0.3 is 13.9 Å². The minimum atomic E-state index is -2.80. The van der Waals surface area contributed by atoms with Gasteiger partial charge >= 0.3 is 0 Å². The Hall–Kier alpha value is -7.97. The van der Waals surface area contributed by atoms with E-state index in [2.05, 4.69) is 243 Å². The molecule has 0 N–H and O–H groups in total. The third-order valence-electron chi connectivity index (χ3n) is 13.8. The third-order valence-corrected chi connectivity index (χ3v) is 23.4. The van der Waals surface area contributed by atoms with Crippen LogP contribution in [0.5, 0.6) is 23.0 Å². The van der Waals surface area contributed by atoms with Gasteiger partial charge in [0.1, 0.15) is 34.2 Å². The molecule has 306 valence electrons. The minimum absolute atomic E-state index is 0.864. The first-order valence-corrected chi connectivity index (χ1v) is 26.2. The van der Waals surface area contributed by atoms with Crippen molar-refractivity contribution in [1.29, 1.82) is 0 Å². The lowest BCUT2D eigenvalue weighted by atomic mass is 10.00. The monoisotopic (exact) mass is 864 g/mol. The Labute approximate surface area is 379 Å². The molecule has 0 spiro atoms. The van der Waals surface area contributed by atoms with Crippen LogP contribution in [0.1, 0.15) is 0 Å². The van der Waals surface area contributed by atoms with Crippen molar-refractivity contribution in [2.45, 2.75) is 0 Å². The maximum Gasteiger partial charge on any atom is 0.188 e. The highest BCUT2D eigenvalue weighted by atomic mass is 28.3. The van der Waals surface area contributed by atoms with E-state index in [0.29, 0.717) is 0 Å². The SMILES string of the molecule is c1ccc([Si]2(c3ccccc3)c3ccccc3Oc3ccc(-c4ccc5oc6ccc(-c7ccc8c(c7)[Si](c7ccccc7)(c7ccccc7)c7ccccc7O8)cc6c5c4)cc32)cc1. The van der Waals surface area contributed by atoms with Crippen molar-refractivity contribution in [2.75, 3.05) is 0 Å². The van der Waals surface area contributed by atoms with Crippen LogP contribution < -0.4 is 51.0 Å². The number of hydrogen-bond donors (Lipinski definition) is 0. The van der Waals surface area contributed by atoms with E-state index in [1.165, 1.54) is 41.5 Å². The molecule has 0 bridgehead atoms. The molecule has 0 saturated carbocycles. The summed E-state index contributed by atoms with van der Waals surface area (Å²) in [5.41, 5.74) is 6.26. The first-order chi connectivity index (χ1) is 32.2. The molecule has 0 aliphatic carbocycles. The van der Waals surface area contributed by atoms with E-state index in [9.17, 15) is 0 Å². The summed E-state index contributed by atoms with van der Waals surface area (Å²) in [5, 5.41) is 12.5. The number of hydrogen-bond acceptors (Lipinski definition) is 3. The molecular formula is C60H40O3Si2. The fourth-order valence-corrected chi connectivity index (χ4v) is 20.9. The van der Waals surface area contributed by atoms with Crippen LogP contribution in [0.15, 0.2) is 247 Å².